The van der Waals surface area contributed by atoms with Crippen molar-refractivity contribution < 1.29 is 37.3 Å². The fourth-order valence-electron chi connectivity index (χ4n) is 5.66. The van der Waals surface area contributed by atoms with Gasteiger partial charge in [0.1, 0.15) is 19.3 Å². The van der Waals surface area contributed by atoms with Crippen LogP contribution in [0.1, 0.15) is 155 Å². The van der Waals surface area contributed by atoms with Crippen molar-refractivity contribution in [3.05, 3.63) is 97.2 Å². The summed E-state index contributed by atoms with van der Waals surface area (Å²) in [5.41, 5.74) is 0. The summed E-state index contributed by atoms with van der Waals surface area (Å²) < 4.78 is 34.5. The van der Waals surface area contributed by atoms with Crippen LogP contribution < -0.4 is 4.89 Å². The first-order valence-electron chi connectivity index (χ1n) is 23.0. The number of rotatable bonds is 41. The molecule has 0 aromatic rings. The lowest BCUT2D eigenvalue weighted by Crippen LogP contribution is -2.37. The van der Waals surface area contributed by atoms with Crippen LogP contribution in [0.2, 0.25) is 0 Å². The van der Waals surface area contributed by atoms with E-state index in [1.54, 1.807) is 0 Å². The van der Waals surface area contributed by atoms with E-state index in [1.165, 1.54) is 51.4 Å². The largest absolute Gasteiger partial charge is 0.756 e. The van der Waals surface area contributed by atoms with E-state index < -0.39 is 13.9 Å². The van der Waals surface area contributed by atoms with Crippen LogP contribution in [-0.2, 0) is 27.9 Å². The topological polar surface area (TPSA) is 94.1 Å². The van der Waals surface area contributed by atoms with Crippen molar-refractivity contribution in [3.63, 3.8) is 0 Å². The maximum atomic E-state index is 12.7. The molecule has 0 aliphatic carbocycles. The number of likely N-dealkylation sites (N-methyl/N-ethyl adjacent to an activating group) is 1. The Bertz CT molecular complexity index is 1260. The molecule has 8 nitrogen and oxygen atoms in total. The minimum absolute atomic E-state index is 0.00971. The Hall–Kier alpha value is -2.58. The monoisotopic (exact) mass is 844 g/mol. The molecule has 0 aromatic heterocycles. The van der Waals surface area contributed by atoms with Crippen LogP contribution in [0.5, 0.6) is 0 Å². The molecule has 59 heavy (non-hydrogen) atoms. The van der Waals surface area contributed by atoms with Crippen LogP contribution in [0, 0.1) is 0 Å². The van der Waals surface area contributed by atoms with Crippen molar-refractivity contribution in [3.8, 4) is 0 Å². The molecule has 0 rings (SSSR count). The molecule has 0 fully saturated rings. The third kappa shape index (κ3) is 46.3. The van der Waals surface area contributed by atoms with Gasteiger partial charge in [-0.05, 0) is 83.5 Å². The molecule has 0 aliphatic rings. The fourth-order valence-corrected chi connectivity index (χ4v) is 6.39. The maximum absolute atomic E-state index is 12.7. The number of carbonyl (C=O) groups excluding carboxylic acids is 1. The highest BCUT2D eigenvalue weighted by Gasteiger charge is 2.20. The smallest absolute Gasteiger partial charge is 0.306 e. The number of ether oxygens (including phenoxy) is 2. The van der Waals surface area contributed by atoms with Crippen LogP contribution in [0.25, 0.3) is 0 Å². The Morgan fingerprint density at radius 3 is 1.39 bits per heavy atom. The van der Waals surface area contributed by atoms with Crippen LogP contribution in [0.4, 0.5) is 0 Å². The summed E-state index contributed by atoms with van der Waals surface area (Å²) in [6.07, 6.45) is 57.3. The maximum Gasteiger partial charge on any atom is 0.306 e. The highest BCUT2D eigenvalue weighted by Crippen LogP contribution is 2.38. The van der Waals surface area contributed by atoms with Gasteiger partial charge in [0, 0.05) is 13.0 Å². The lowest BCUT2D eigenvalue weighted by Gasteiger charge is -2.28. The van der Waals surface area contributed by atoms with Crippen molar-refractivity contribution in [1.82, 2.24) is 0 Å². The minimum Gasteiger partial charge on any atom is -0.756 e. The minimum atomic E-state index is -4.55. The Morgan fingerprint density at radius 2 is 0.932 bits per heavy atom. The summed E-state index contributed by atoms with van der Waals surface area (Å²) in [7, 11) is 1.30. The van der Waals surface area contributed by atoms with Crippen LogP contribution in [-0.4, -0.2) is 70.7 Å². The van der Waals surface area contributed by atoms with Crippen molar-refractivity contribution in [2.75, 3.05) is 54.1 Å². The first-order chi connectivity index (χ1) is 28.6. The number of unbranched alkanes of at least 4 members (excludes halogenated alkanes) is 11. The van der Waals surface area contributed by atoms with E-state index >= 15 is 0 Å². The highest BCUT2D eigenvalue weighted by atomic mass is 31.2. The molecule has 0 radical (unpaired) electrons. The third-order valence-corrected chi connectivity index (χ3v) is 10.1. The fraction of sp³-hybridized carbons (Fsp3) is 0.660. The second kappa shape index (κ2) is 42.1. The molecule has 0 aliphatic heterocycles. The quantitative estimate of drug-likeness (QED) is 0.0199. The summed E-state index contributed by atoms with van der Waals surface area (Å²) in [4.78, 5) is 25.1. The molecule has 2 atom stereocenters. The van der Waals surface area contributed by atoms with E-state index in [4.69, 9.17) is 18.5 Å². The summed E-state index contributed by atoms with van der Waals surface area (Å²) in [5.74, 6) is -0.362. The zero-order valence-electron chi connectivity index (χ0n) is 38.2. The Morgan fingerprint density at radius 1 is 0.525 bits per heavy atom. The van der Waals surface area contributed by atoms with E-state index in [9.17, 15) is 14.3 Å². The molecular weight excluding hydrogens is 758 g/mol. The predicted octanol–water partition coefficient (Wildman–Crippen LogP) is 13.2. The van der Waals surface area contributed by atoms with Crippen molar-refractivity contribution in [2.24, 2.45) is 0 Å². The second-order valence-corrected chi connectivity index (χ2v) is 17.4. The summed E-state index contributed by atoms with van der Waals surface area (Å²) in [5, 5.41) is 0. The SMILES string of the molecule is CC/C=C\C/C=C\C/C=C\C/C=C\CCCCCCCCCCCCC(=O)OC(COCCC/C=C\C/C=C\C/C=C\C/C=C\CC)COP(=O)([O-])OCC[N+](C)(C)C. The number of phosphoric acid groups is 1. The number of quaternary nitrogens is 1. The van der Waals surface area contributed by atoms with Gasteiger partial charge in [0.15, 0.2) is 0 Å². The Kier molecular flexibility index (Phi) is 40.3. The number of allylic oxidation sites excluding steroid dienone is 16. The summed E-state index contributed by atoms with van der Waals surface area (Å²) >= 11 is 0. The van der Waals surface area contributed by atoms with E-state index in [2.05, 4.69) is 111 Å². The van der Waals surface area contributed by atoms with Gasteiger partial charge in [-0.15, -0.1) is 0 Å². The first kappa shape index (κ1) is 56.4. The zero-order chi connectivity index (χ0) is 43.4. The number of esters is 1. The standard InChI is InChI=1S/C50H86NO7P/c1-6-8-10-12-14-16-18-20-22-23-24-25-26-27-28-29-30-31-33-35-37-39-41-43-50(52)58-49(48-57-59(53,54)56-46-44-51(3,4)5)47-55-45-42-40-38-36-34-32-21-19-17-15-13-11-9-7-2/h8-11,14-17,20-22,24-25,32,36,38,49H,6-7,12-13,18-19,23,26-31,33-35,37,39-48H2,1-5H3/b10-8-,11-9-,16-14-,17-15-,22-20-,25-24-,32-21-,38-36-. The summed E-state index contributed by atoms with van der Waals surface area (Å²) in [6, 6.07) is 0. The molecular formula is C50H86NO7P. The molecule has 2 unspecified atom stereocenters. The van der Waals surface area contributed by atoms with Gasteiger partial charge < -0.3 is 27.9 Å². The molecule has 338 valence electrons. The molecule has 9 heteroatoms. The van der Waals surface area contributed by atoms with Gasteiger partial charge in [-0.1, -0.05) is 162 Å². The van der Waals surface area contributed by atoms with E-state index in [1.807, 2.05) is 21.1 Å². The van der Waals surface area contributed by atoms with E-state index in [0.717, 1.165) is 83.5 Å². The highest BCUT2D eigenvalue weighted by molar-refractivity contribution is 7.45. The van der Waals surface area contributed by atoms with Gasteiger partial charge in [-0.2, -0.15) is 0 Å². The van der Waals surface area contributed by atoms with Crippen molar-refractivity contribution in [1.29, 1.82) is 0 Å². The van der Waals surface area contributed by atoms with Crippen molar-refractivity contribution >= 4 is 13.8 Å². The van der Waals surface area contributed by atoms with Crippen molar-refractivity contribution in [2.45, 2.75) is 161 Å². The molecule has 0 amide bonds. The number of phosphoric ester groups is 1. The lowest BCUT2D eigenvalue weighted by atomic mass is 10.0. The summed E-state index contributed by atoms with van der Waals surface area (Å²) in [6.45, 7) is 5.00. The average molecular weight is 844 g/mol. The van der Waals surface area contributed by atoms with Gasteiger partial charge in [0.05, 0.1) is 34.4 Å². The second-order valence-electron chi connectivity index (χ2n) is 16.0. The Labute approximate surface area is 362 Å². The average Bonchev–Trinajstić information content (AvgIpc) is 3.19. The molecule has 0 heterocycles. The van der Waals surface area contributed by atoms with Crippen LogP contribution >= 0.6 is 7.82 Å². The van der Waals surface area contributed by atoms with Gasteiger partial charge in [-0.3, -0.25) is 9.36 Å². The normalized spacial score (nSPS) is 14.6. The molecule has 0 N–H and O–H groups in total. The molecule has 0 saturated carbocycles. The zero-order valence-corrected chi connectivity index (χ0v) is 39.1. The van der Waals surface area contributed by atoms with Crippen LogP contribution in [0.15, 0.2) is 97.2 Å². The number of hydrogen-bond acceptors (Lipinski definition) is 7. The van der Waals surface area contributed by atoms with Gasteiger partial charge in [0.2, 0.25) is 0 Å². The van der Waals surface area contributed by atoms with E-state index in [0.29, 0.717) is 17.6 Å². The number of nitrogens with zero attached hydrogens (tertiary/aromatic N) is 1. The number of hydrogen-bond donors (Lipinski definition) is 0. The van der Waals surface area contributed by atoms with Gasteiger partial charge >= 0.3 is 5.97 Å². The first-order valence-corrected chi connectivity index (χ1v) is 24.4. The molecule has 0 bridgehead atoms. The predicted molar refractivity (Wildman–Crippen MR) is 249 cm³/mol. The Balaban J connectivity index is 4.25. The lowest BCUT2D eigenvalue weighted by molar-refractivity contribution is -0.870. The molecule has 0 saturated heterocycles. The van der Waals surface area contributed by atoms with Gasteiger partial charge in [-0.25, -0.2) is 0 Å². The third-order valence-electron chi connectivity index (χ3n) is 9.13. The van der Waals surface area contributed by atoms with E-state index in [-0.39, 0.29) is 32.2 Å². The molecule has 0 spiro atoms. The van der Waals surface area contributed by atoms with Crippen LogP contribution in [0.3, 0.4) is 0 Å². The molecule has 0 aromatic carbocycles. The van der Waals surface area contributed by atoms with Gasteiger partial charge in [0.25, 0.3) is 7.82 Å². The number of carbonyl (C=O) groups is 1.